The van der Waals surface area contributed by atoms with Gasteiger partial charge in [-0.15, -0.1) is 0 Å². The Labute approximate surface area is 185 Å². The van der Waals surface area contributed by atoms with Gasteiger partial charge in [-0.2, -0.15) is 0 Å². The first-order chi connectivity index (χ1) is 15.5. The molecule has 1 amide bonds. The molecule has 0 saturated heterocycles. The van der Waals surface area contributed by atoms with E-state index >= 15 is 0 Å². The average molecular weight is 429 g/mol. The summed E-state index contributed by atoms with van der Waals surface area (Å²) >= 11 is 0. The highest BCUT2D eigenvalue weighted by atomic mass is 16.5. The van der Waals surface area contributed by atoms with Crippen molar-refractivity contribution in [2.75, 3.05) is 13.2 Å². The van der Waals surface area contributed by atoms with E-state index in [-0.39, 0.29) is 19.1 Å². The first kappa shape index (κ1) is 20.1. The van der Waals surface area contributed by atoms with E-state index in [0.29, 0.717) is 11.3 Å². The van der Waals surface area contributed by atoms with Crippen molar-refractivity contribution in [3.63, 3.8) is 0 Å². The lowest BCUT2D eigenvalue weighted by Gasteiger charge is -2.40. The number of benzene rings is 3. The second kappa shape index (κ2) is 7.71. The minimum absolute atomic E-state index is 0.103. The fraction of sp³-hybridized carbons (Fsp3) is 0.231. The SMILES string of the molecule is CC1COc2ccccc2C1(NC(=O)OCC1c2ccccc2-c2ccccc21)C(=O)O. The minimum atomic E-state index is -1.63. The summed E-state index contributed by atoms with van der Waals surface area (Å²) in [4.78, 5) is 25.4. The smallest absolute Gasteiger partial charge is 0.408 e. The molecule has 0 aromatic heterocycles. The molecule has 6 heteroatoms. The van der Waals surface area contributed by atoms with E-state index in [1.165, 1.54) is 0 Å². The fourth-order valence-corrected chi connectivity index (χ4v) is 4.89. The van der Waals surface area contributed by atoms with Crippen LogP contribution in [0.1, 0.15) is 29.5 Å². The molecule has 1 heterocycles. The molecule has 3 aromatic carbocycles. The monoisotopic (exact) mass is 429 g/mol. The van der Waals surface area contributed by atoms with Crippen LogP contribution in [0.5, 0.6) is 5.75 Å². The molecule has 2 atom stereocenters. The van der Waals surface area contributed by atoms with Crippen LogP contribution in [0, 0.1) is 5.92 Å². The Morgan fingerprint density at radius 1 is 1.00 bits per heavy atom. The van der Waals surface area contributed by atoms with Crippen molar-refractivity contribution < 1.29 is 24.2 Å². The Kier molecular flexibility index (Phi) is 4.85. The van der Waals surface area contributed by atoms with Crippen LogP contribution in [0.3, 0.4) is 0 Å². The molecule has 3 aromatic rings. The lowest BCUT2D eigenvalue weighted by atomic mass is 9.77. The molecule has 2 aliphatic rings. The highest BCUT2D eigenvalue weighted by molar-refractivity contribution is 5.87. The number of amides is 1. The number of hydrogen-bond acceptors (Lipinski definition) is 4. The highest BCUT2D eigenvalue weighted by Crippen LogP contribution is 2.45. The van der Waals surface area contributed by atoms with Gasteiger partial charge in [0.1, 0.15) is 12.4 Å². The number of ether oxygens (including phenoxy) is 2. The Hall–Kier alpha value is -3.80. The van der Waals surface area contributed by atoms with Gasteiger partial charge in [0.05, 0.1) is 6.61 Å². The zero-order valence-corrected chi connectivity index (χ0v) is 17.6. The molecule has 0 saturated carbocycles. The van der Waals surface area contributed by atoms with Crippen molar-refractivity contribution in [2.45, 2.75) is 18.4 Å². The number of carboxylic acid groups (broad SMARTS) is 1. The zero-order valence-electron chi connectivity index (χ0n) is 17.6. The molecule has 32 heavy (non-hydrogen) atoms. The number of carboxylic acids is 1. The van der Waals surface area contributed by atoms with E-state index in [9.17, 15) is 14.7 Å². The summed E-state index contributed by atoms with van der Waals surface area (Å²) in [5.74, 6) is -1.29. The first-order valence-corrected chi connectivity index (χ1v) is 10.6. The molecule has 0 spiro atoms. The van der Waals surface area contributed by atoms with Crippen LogP contribution in [0.15, 0.2) is 72.8 Å². The third kappa shape index (κ3) is 3.02. The summed E-state index contributed by atoms with van der Waals surface area (Å²) in [6.07, 6.45) is -0.766. The minimum Gasteiger partial charge on any atom is -0.493 e. The third-order valence-corrected chi connectivity index (χ3v) is 6.52. The molecule has 2 unspecified atom stereocenters. The summed E-state index contributed by atoms with van der Waals surface area (Å²) < 4.78 is 11.3. The Bertz CT molecular complexity index is 1160. The Morgan fingerprint density at radius 3 is 2.25 bits per heavy atom. The standard InChI is InChI=1S/C26H23NO5/c1-16-14-31-23-13-7-6-12-22(23)26(16,24(28)29)27-25(30)32-15-21-19-10-4-2-8-17(19)18-9-3-5-11-20(18)21/h2-13,16,21H,14-15H2,1H3,(H,27,30)(H,28,29). The molecular weight excluding hydrogens is 406 g/mol. The summed E-state index contributed by atoms with van der Waals surface area (Å²) in [5, 5.41) is 12.8. The van der Waals surface area contributed by atoms with Gasteiger partial charge in [-0.05, 0) is 28.3 Å². The maximum absolute atomic E-state index is 12.9. The molecule has 5 rings (SSSR count). The topological polar surface area (TPSA) is 84.9 Å². The van der Waals surface area contributed by atoms with Crippen molar-refractivity contribution in [1.29, 1.82) is 0 Å². The molecule has 0 bridgehead atoms. The van der Waals surface area contributed by atoms with Gasteiger partial charge in [0, 0.05) is 17.4 Å². The summed E-state index contributed by atoms with van der Waals surface area (Å²) in [6, 6.07) is 23.0. The maximum Gasteiger partial charge on any atom is 0.408 e. The van der Waals surface area contributed by atoms with Gasteiger partial charge in [0.2, 0.25) is 0 Å². The first-order valence-electron chi connectivity index (χ1n) is 10.6. The number of alkyl carbamates (subject to hydrolysis) is 1. The van der Waals surface area contributed by atoms with Gasteiger partial charge in [-0.1, -0.05) is 73.7 Å². The maximum atomic E-state index is 12.9. The molecule has 0 fully saturated rings. The predicted octanol–water partition coefficient (Wildman–Crippen LogP) is 4.53. The van der Waals surface area contributed by atoms with Crippen LogP contribution in [-0.4, -0.2) is 30.4 Å². The van der Waals surface area contributed by atoms with E-state index in [1.54, 1.807) is 31.2 Å². The van der Waals surface area contributed by atoms with Crippen molar-refractivity contribution in [3.05, 3.63) is 89.5 Å². The number of para-hydroxylation sites is 1. The third-order valence-electron chi connectivity index (χ3n) is 6.52. The zero-order chi connectivity index (χ0) is 22.3. The number of nitrogens with one attached hydrogen (secondary N) is 1. The summed E-state index contributed by atoms with van der Waals surface area (Å²) in [5.41, 5.74) is 3.24. The normalized spacial score (nSPS) is 21.0. The van der Waals surface area contributed by atoms with E-state index < -0.39 is 23.5 Å². The van der Waals surface area contributed by atoms with Crippen LogP contribution in [-0.2, 0) is 15.1 Å². The van der Waals surface area contributed by atoms with Crippen molar-refractivity contribution >= 4 is 12.1 Å². The average Bonchev–Trinajstić information content (AvgIpc) is 3.13. The lowest BCUT2D eigenvalue weighted by Crippen LogP contribution is -2.59. The van der Waals surface area contributed by atoms with E-state index in [0.717, 1.165) is 22.3 Å². The van der Waals surface area contributed by atoms with Gasteiger partial charge in [0.25, 0.3) is 0 Å². The van der Waals surface area contributed by atoms with Crippen molar-refractivity contribution in [2.24, 2.45) is 5.92 Å². The summed E-state index contributed by atoms with van der Waals surface area (Å²) in [7, 11) is 0. The second-order valence-electron chi connectivity index (χ2n) is 8.27. The lowest BCUT2D eigenvalue weighted by molar-refractivity contribution is -0.149. The molecule has 6 nitrogen and oxygen atoms in total. The van der Waals surface area contributed by atoms with Crippen LogP contribution < -0.4 is 10.1 Å². The van der Waals surface area contributed by atoms with Crippen molar-refractivity contribution in [3.8, 4) is 16.9 Å². The van der Waals surface area contributed by atoms with Crippen molar-refractivity contribution in [1.82, 2.24) is 5.32 Å². The highest BCUT2D eigenvalue weighted by Gasteiger charge is 2.51. The van der Waals surface area contributed by atoms with E-state index in [1.807, 2.05) is 36.4 Å². The van der Waals surface area contributed by atoms with Gasteiger partial charge < -0.3 is 19.9 Å². The Balaban J connectivity index is 1.40. The molecule has 0 radical (unpaired) electrons. The van der Waals surface area contributed by atoms with Gasteiger partial charge in [-0.25, -0.2) is 9.59 Å². The van der Waals surface area contributed by atoms with Gasteiger partial charge >= 0.3 is 12.1 Å². The molecular formula is C26H23NO5. The Morgan fingerprint density at radius 2 is 1.59 bits per heavy atom. The van der Waals surface area contributed by atoms with E-state index in [4.69, 9.17) is 9.47 Å². The number of aliphatic carboxylic acids is 1. The fourth-order valence-electron chi connectivity index (χ4n) is 4.89. The van der Waals surface area contributed by atoms with Gasteiger partial charge in [0.15, 0.2) is 5.54 Å². The van der Waals surface area contributed by atoms with E-state index in [2.05, 4.69) is 17.4 Å². The number of rotatable bonds is 4. The van der Waals surface area contributed by atoms with Crippen LogP contribution in [0.25, 0.3) is 11.1 Å². The number of carbonyl (C=O) groups excluding carboxylic acids is 1. The number of fused-ring (bicyclic) bond motifs is 4. The molecule has 1 aliphatic heterocycles. The van der Waals surface area contributed by atoms with Crippen LogP contribution in [0.2, 0.25) is 0 Å². The number of hydrogen-bond donors (Lipinski definition) is 2. The quantitative estimate of drug-likeness (QED) is 0.636. The largest absolute Gasteiger partial charge is 0.493 e. The molecule has 1 aliphatic carbocycles. The summed E-state index contributed by atoms with van der Waals surface area (Å²) in [6.45, 7) is 2.03. The molecule has 162 valence electrons. The second-order valence-corrected chi connectivity index (χ2v) is 8.27. The number of carbonyl (C=O) groups is 2. The predicted molar refractivity (Wildman–Crippen MR) is 119 cm³/mol. The molecule has 2 N–H and O–H groups in total. The van der Waals surface area contributed by atoms with Crippen LogP contribution in [0.4, 0.5) is 4.79 Å². The van der Waals surface area contributed by atoms with Gasteiger partial charge in [-0.3, -0.25) is 0 Å². The van der Waals surface area contributed by atoms with Crippen LogP contribution >= 0.6 is 0 Å².